The Morgan fingerprint density at radius 3 is 2.84 bits per heavy atom. The Labute approximate surface area is 177 Å². The van der Waals surface area contributed by atoms with Crippen molar-refractivity contribution in [2.75, 3.05) is 37.4 Å². The van der Waals surface area contributed by atoms with Gasteiger partial charge in [0, 0.05) is 25.4 Å². The number of likely N-dealkylation sites (tertiary alicyclic amines) is 1. The van der Waals surface area contributed by atoms with Crippen molar-refractivity contribution in [1.82, 2.24) is 24.5 Å². The molecular formula is C20H22FN7O3. The number of nitrogens with zero attached hydrogens (tertiary/aromatic N) is 5. The van der Waals surface area contributed by atoms with Crippen LogP contribution >= 0.6 is 0 Å². The summed E-state index contributed by atoms with van der Waals surface area (Å²) in [5.74, 6) is -0.623. The molecule has 10 nitrogen and oxygen atoms in total. The monoisotopic (exact) mass is 427 g/mol. The summed E-state index contributed by atoms with van der Waals surface area (Å²) in [6.07, 6.45) is 7.07. The van der Waals surface area contributed by atoms with Gasteiger partial charge in [-0.25, -0.2) is 13.9 Å². The minimum Gasteiger partial charge on any atom is -0.488 e. The second kappa shape index (κ2) is 8.08. The van der Waals surface area contributed by atoms with Crippen molar-refractivity contribution in [3.8, 4) is 5.75 Å². The highest BCUT2D eigenvalue weighted by atomic mass is 19.1. The number of halogens is 1. The Morgan fingerprint density at radius 1 is 1.29 bits per heavy atom. The van der Waals surface area contributed by atoms with Crippen molar-refractivity contribution in [3.05, 3.63) is 42.2 Å². The molecule has 2 aliphatic rings. The van der Waals surface area contributed by atoms with Crippen molar-refractivity contribution < 1.29 is 18.7 Å². The molecule has 0 aromatic carbocycles. The molecule has 2 saturated heterocycles. The summed E-state index contributed by atoms with van der Waals surface area (Å²) < 4.78 is 26.0. The summed E-state index contributed by atoms with van der Waals surface area (Å²) in [6, 6.07) is 2.24. The summed E-state index contributed by atoms with van der Waals surface area (Å²) >= 11 is 0. The first kappa shape index (κ1) is 19.6. The Bertz CT molecular complexity index is 1110. The number of carbonyl (C=O) groups excluding carboxylic acids is 1. The molecular weight excluding hydrogens is 405 g/mol. The molecule has 0 unspecified atom stereocenters. The molecule has 0 bridgehead atoms. The number of rotatable bonds is 5. The average Bonchev–Trinajstić information content (AvgIpc) is 3.04. The van der Waals surface area contributed by atoms with Gasteiger partial charge in [0.25, 0.3) is 5.91 Å². The van der Waals surface area contributed by atoms with Gasteiger partial charge in [0.15, 0.2) is 17.3 Å². The zero-order chi connectivity index (χ0) is 21.4. The van der Waals surface area contributed by atoms with Crippen molar-refractivity contribution >= 4 is 23.1 Å². The Morgan fingerprint density at radius 2 is 2.10 bits per heavy atom. The van der Waals surface area contributed by atoms with Crippen LogP contribution in [0.15, 0.2) is 30.9 Å². The fourth-order valence-electron chi connectivity index (χ4n) is 3.88. The highest BCUT2D eigenvalue weighted by Crippen LogP contribution is 2.28. The second-order valence-corrected chi connectivity index (χ2v) is 7.67. The number of nitrogens with two attached hydrogens (primary N) is 1. The van der Waals surface area contributed by atoms with E-state index in [2.05, 4.69) is 25.3 Å². The smallest absolute Gasteiger partial charge is 0.263 e. The van der Waals surface area contributed by atoms with Crippen molar-refractivity contribution in [2.24, 2.45) is 0 Å². The molecule has 5 rings (SSSR count). The van der Waals surface area contributed by atoms with Gasteiger partial charge < -0.3 is 20.5 Å². The van der Waals surface area contributed by atoms with Crippen LogP contribution in [0.25, 0.3) is 5.65 Å². The molecule has 3 aromatic heterocycles. The lowest BCUT2D eigenvalue weighted by atomic mass is 10.0. The van der Waals surface area contributed by atoms with Crippen LogP contribution in [-0.2, 0) is 4.74 Å². The van der Waals surface area contributed by atoms with Gasteiger partial charge in [0.1, 0.15) is 23.1 Å². The predicted molar refractivity (Wildman–Crippen MR) is 109 cm³/mol. The Hall–Kier alpha value is -3.31. The van der Waals surface area contributed by atoms with Crippen LogP contribution in [0.5, 0.6) is 5.75 Å². The Kier molecular flexibility index (Phi) is 5.12. The van der Waals surface area contributed by atoms with E-state index in [0.29, 0.717) is 17.5 Å². The molecule has 2 aliphatic heterocycles. The quantitative estimate of drug-likeness (QED) is 0.626. The molecule has 5 heterocycles. The normalized spacial score (nSPS) is 18.1. The van der Waals surface area contributed by atoms with Crippen LogP contribution in [0.2, 0.25) is 0 Å². The van der Waals surface area contributed by atoms with E-state index in [1.165, 1.54) is 6.20 Å². The maximum atomic E-state index is 13.4. The lowest BCUT2D eigenvalue weighted by molar-refractivity contribution is -0.0777. The number of piperidine rings is 1. The SMILES string of the molecule is Nc1nn2cc(F)cnc2c1C(=O)Nc1cnccc1OC1CCN(C2COC2)CC1. The number of amides is 1. The van der Waals surface area contributed by atoms with E-state index < -0.39 is 11.7 Å². The van der Waals surface area contributed by atoms with Gasteiger partial charge in [-0.1, -0.05) is 0 Å². The van der Waals surface area contributed by atoms with E-state index in [-0.39, 0.29) is 23.1 Å². The summed E-state index contributed by atoms with van der Waals surface area (Å²) in [5, 5.41) is 6.73. The minimum atomic E-state index is -0.583. The molecule has 31 heavy (non-hydrogen) atoms. The van der Waals surface area contributed by atoms with Gasteiger partial charge >= 0.3 is 0 Å². The Balaban J connectivity index is 1.30. The molecule has 0 saturated carbocycles. The summed E-state index contributed by atoms with van der Waals surface area (Å²) in [7, 11) is 0. The number of carbonyl (C=O) groups is 1. The topological polar surface area (TPSA) is 120 Å². The molecule has 0 spiro atoms. The summed E-state index contributed by atoms with van der Waals surface area (Å²) in [6.45, 7) is 3.51. The van der Waals surface area contributed by atoms with Gasteiger partial charge in [-0.05, 0) is 12.8 Å². The van der Waals surface area contributed by atoms with Gasteiger partial charge in [0.05, 0.1) is 37.8 Å². The number of hydrogen-bond acceptors (Lipinski definition) is 8. The van der Waals surface area contributed by atoms with Crippen molar-refractivity contribution in [3.63, 3.8) is 0 Å². The van der Waals surface area contributed by atoms with E-state index >= 15 is 0 Å². The van der Waals surface area contributed by atoms with Crippen LogP contribution in [-0.4, -0.2) is 68.8 Å². The molecule has 0 atom stereocenters. The van der Waals surface area contributed by atoms with Crippen LogP contribution in [0.1, 0.15) is 23.2 Å². The minimum absolute atomic E-state index is 0.0435. The first-order valence-electron chi connectivity index (χ1n) is 10.1. The van der Waals surface area contributed by atoms with Crippen LogP contribution in [0.3, 0.4) is 0 Å². The maximum absolute atomic E-state index is 13.4. The number of ether oxygens (including phenoxy) is 2. The number of nitrogens with one attached hydrogen (secondary N) is 1. The molecule has 11 heteroatoms. The third-order valence-electron chi connectivity index (χ3n) is 5.63. The number of fused-ring (bicyclic) bond motifs is 1. The van der Waals surface area contributed by atoms with Crippen molar-refractivity contribution in [2.45, 2.75) is 25.0 Å². The number of anilines is 2. The summed E-state index contributed by atoms with van der Waals surface area (Å²) in [5.41, 5.74) is 6.53. The van der Waals surface area contributed by atoms with Gasteiger partial charge in [-0.15, -0.1) is 5.10 Å². The zero-order valence-electron chi connectivity index (χ0n) is 16.7. The highest BCUT2D eigenvalue weighted by Gasteiger charge is 2.30. The fourth-order valence-corrected chi connectivity index (χ4v) is 3.88. The van der Waals surface area contributed by atoms with E-state index in [9.17, 15) is 9.18 Å². The first-order chi connectivity index (χ1) is 15.1. The van der Waals surface area contributed by atoms with Crippen molar-refractivity contribution in [1.29, 1.82) is 0 Å². The molecule has 2 fully saturated rings. The van der Waals surface area contributed by atoms with Crippen LogP contribution < -0.4 is 15.8 Å². The molecule has 3 aromatic rings. The van der Waals surface area contributed by atoms with E-state index in [1.807, 2.05) is 0 Å². The largest absolute Gasteiger partial charge is 0.488 e. The number of hydrogen-bond donors (Lipinski definition) is 2. The number of aromatic nitrogens is 4. The lowest BCUT2D eigenvalue weighted by Crippen LogP contribution is -2.52. The average molecular weight is 427 g/mol. The summed E-state index contributed by atoms with van der Waals surface area (Å²) in [4.78, 5) is 23.4. The number of nitrogen functional groups attached to an aromatic ring is 1. The first-order valence-corrected chi connectivity index (χ1v) is 10.1. The zero-order valence-corrected chi connectivity index (χ0v) is 16.7. The molecule has 0 aliphatic carbocycles. The van der Waals surface area contributed by atoms with Crippen LogP contribution in [0, 0.1) is 5.82 Å². The van der Waals surface area contributed by atoms with Gasteiger partial charge in [0.2, 0.25) is 0 Å². The molecule has 0 radical (unpaired) electrons. The van der Waals surface area contributed by atoms with E-state index in [0.717, 1.165) is 56.1 Å². The maximum Gasteiger partial charge on any atom is 0.263 e. The van der Waals surface area contributed by atoms with E-state index in [4.69, 9.17) is 15.2 Å². The van der Waals surface area contributed by atoms with Gasteiger partial charge in [-0.2, -0.15) is 0 Å². The molecule has 162 valence electrons. The standard InChI is InChI=1S/C20H22FN7O3/c21-12-7-24-19-17(18(22)26-28(19)9-12)20(29)25-15-8-23-4-1-16(15)31-14-2-5-27(6-3-14)13-10-30-11-13/h1,4,7-9,13-14H,2-3,5-6,10-11H2,(H2,22,26)(H,25,29). The molecule has 3 N–H and O–H groups in total. The van der Waals surface area contributed by atoms with Gasteiger partial charge in [-0.3, -0.25) is 14.7 Å². The van der Waals surface area contributed by atoms with Crippen LogP contribution in [0.4, 0.5) is 15.9 Å². The number of pyridine rings is 1. The fraction of sp³-hybridized carbons (Fsp3) is 0.400. The van der Waals surface area contributed by atoms with E-state index in [1.54, 1.807) is 12.3 Å². The third-order valence-corrected chi connectivity index (χ3v) is 5.63. The lowest BCUT2D eigenvalue weighted by Gasteiger charge is -2.41. The highest BCUT2D eigenvalue weighted by molar-refractivity contribution is 6.11. The third kappa shape index (κ3) is 3.89. The predicted octanol–water partition coefficient (Wildman–Crippen LogP) is 1.34. The molecule has 1 amide bonds. The second-order valence-electron chi connectivity index (χ2n) is 7.67.